The lowest BCUT2D eigenvalue weighted by Gasteiger charge is -2.20. The SMILES string of the molecule is COc1ccccc1-c1nn2c(Cl)cnc2cc1C(C)Nc1ncnc(N)c1C#N. The molecule has 3 N–H and O–H groups in total. The van der Waals surface area contributed by atoms with Gasteiger partial charge < -0.3 is 15.8 Å². The van der Waals surface area contributed by atoms with Gasteiger partial charge in [-0.3, -0.25) is 0 Å². The summed E-state index contributed by atoms with van der Waals surface area (Å²) < 4.78 is 7.09. The minimum atomic E-state index is -0.306. The van der Waals surface area contributed by atoms with Gasteiger partial charge in [0.2, 0.25) is 0 Å². The molecule has 0 bridgehead atoms. The molecule has 10 heteroatoms. The zero-order valence-electron chi connectivity index (χ0n) is 16.2. The first-order valence-electron chi connectivity index (χ1n) is 8.98. The molecule has 1 unspecified atom stereocenters. The lowest BCUT2D eigenvalue weighted by atomic mass is 10.0. The Kier molecular flexibility index (Phi) is 5.08. The molecule has 4 rings (SSSR count). The van der Waals surface area contributed by atoms with Gasteiger partial charge in [-0.2, -0.15) is 10.4 Å². The van der Waals surface area contributed by atoms with Gasteiger partial charge >= 0.3 is 0 Å². The van der Waals surface area contributed by atoms with Crippen molar-refractivity contribution in [2.75, 3.05) is 18.2 Å². The van der Waals surface area contributed by atoms with Gasteiger partial charge in [0.05, 0.1) is 19.3 Å². The summed E-state index contributed by atoms with van der Waals surface area (Å²) >= 11 is 6.25. The van der Waals surface area contributed by atoms with Crippen molar-refractivity contribution < 1.29 is 4.74 Å². The number of nitrogens with zero attached hydrogens (tertiary/aromatic N) is 6. The van der Waals surface area contributed by atoms with Crippen LogP contribution in [0, 0.1) is 11.3 Å². The number of halogens is 1. The van der Waals surface area contributed by atoms with Crippen molar-refractivity contribution in [3.63, 3.8) is 0 Å². The molecule has 0 aliphatic rings. The summed E-state index contributed by atoms with van der Waals surface area (Å²) in [6.45, 7) is 1.93. The van der Waals surface area contributed by atoms with Gasteiger partial charge in [0, 0.05) is 11.1 Å². The van der Waals surface area contributed by atoms with Crippen molar-refractivity contribution >= 4 is 28.9 Å². The Hall–Kier alpha value is -3.90. The molecule has 3 aromatic heterocycles. The van der Waals surface area contributed by atoms with Crippen molar-refractivity contribution in [1.82, 2.24) is 24.6 Å². The smallest absolute Gasteiger partial charge is 0.155 e. The summed E-state index contributed by atoms with van der Waals surface area (Å²) in [5.41, 5.74) is 8.84. The Morgan fingerprint density at radius 2 is 2.07 bits per heavy atom. The number of fused-ring (bicyclic) bond motifs is 1. The number of nitrogens with one attached hydrogen (secondary N) is 1. The van der Waals surface area contributed by atoms with Gasteiger partial charge in [0.1, 0.15) is 41.0 Å². The van der Waals surface area contributed by atoms with Gasteiger partial charge in [-0.15, -0.1) is 0 Å². The van der Waals surface area contributed by atoms with Crippen LogP contribution in [0.2, 0.25) is 5.15 Å². The third kappa shape index (κ3) is 3.33. The summed E-state index contributed by atoms with van der Waals surface area (Å²) in [5, 5.41) is 17.8. The molecule has 1 atom stereocenters. The second-order valence-electron chi connectivity index (χ2n) is 6.46. The standard InChI is InChI=1S/C20H17ClN8O/c1-11(27-20-14(8-22)19(23)25-10-26-20)13-7-17-24-9-16(21)29(17)28-18(13)12-5-3-4-6-15(12)30-2/h3-7,9-11H,1-2H3,(H3,23,25,26,27). The van der Waals surface area contributed by atoms with E-state index in [0.29, 0.717) is 28.1 Å². The molecule has 0 spiro atoms. The molecule has 0 amide bonds. The van der Waals surface area contributed by atoms with Crippen LogP contribution in [-0.4, -0.2) is 31.7 Å². The van der Waals surface area contributed by atoms with E-state index in [1.165, 1.54) is 12.5 Å². The quantitative estimate of drug-likeness (QED) is 0.502. The van der Waals surface area contributed by atoms with Crippen LogP contribution in [0.5, 0.6) is 5.75 Å². The Bertz CT molecular complexity index is 1280. The zero-order valence-corrected chi connectivity index (χ0v) is 16.9. The average molecular weight is 421 g/mol. The fourth-order valence-corrected chi connectivity index (χ4v) is 3.36. The molecular formula is C20H17ClN8O. The van der Waals surface area contributed by atoms with Crippen LogP contribution in [0.1, 0.15) is 24.1 Å². The molecule has 4 aromatic rings. The molecule has 0 radical (unpaired) electrons. The molecule has 9 nitrogen and oxygen atoms in total. The highest BCUT2D eigenvalue weighted by molar-refractivity contribution is 6.29. The molecule has 3 heterocycles. The molecule has 0 aliphatic heterocycles. The number of nitriles is 1. The fraction of sp³-hybridized carbons (Fsp3) is 0.150. The van der Waals surface area contributed by atoms with Gasteiger partial charge in [-0.25, -0.2) is 19.5 Å². The molecule has 150 valence electrons. The second-order valence-corrected chi connectivity index (χ2v) is 6.85. The van der Waals surface area contributed by atoms with Crippen LogP contribution in [0.15, 0.2) is 42.9 Å². The van der Waals surface area contributed by atoms with Gasteiger partial charge in [-0.05, 0) is 25.1 Å². The summed E-state index contributed by atoms with van der Waals surface area (Å²) in [4.78, 5) is 12.3. The van der Waals surface area contributed by atoms with Gasteiger partial charge in [0.15, 0.2) is 10.8 Å². The Labute approximate surface area is 177 Å². The second kappa shape index (κ2) is 7.85. The van der Waals surface area contributed by atoms with Gasteiger partial charge in [0.25, 0.3) is 0 Å². The minimum absolute atomic E-state index is 0.112. The summed E-state index contributed by atoms with van der Waals surface area (Å²) in [6.07, 6.45) is 2.85. The largest absolute Gasteiger partial charge is 0.496 e. The number of hydrogen-bond donors (Lipinski definition) is 2. The molecule has 0 saturated heterocycles. The maximum Gasteiger partial charge on any atom is 0.155 e. The number of para-hydroxylation sites is 1. The van der Waals surface area contributed by atoms with Crippen molar-refractivity contribution in [2.24, 2.45) is 0 Å². The molecule has 0 fully saturated rings. The summed E-state index contributed by atoms with van der Waals surface area (Å²) in [5.74, 6) is 1.11. The van der Waals surface area contributed by atoms with Crippen LogP contribution >= 0.6 is 11.6 Å². The summed E-state index contributed by atoms with van der Waals surface area (Å²) in [7, 11) is 1.60. The summed E-state index contributed by atoms with van der Waals surface area (Å²) in [6, 6.07) is 11.2. The van der Waals surface area contributed by atoms with Crippen LogP contribution in [0.4, 0.5) is 11.6 Å². The lowest BCUT2D eigenvalue weighted by Crippen LogP contribution is -2.14. The number of ether oxygens (including phenoxy) is 1. The van der Waals surface area contributed by atoms with E-state index in [9.17, 15) is 5.26 Å². The third-order valence-electron chi connectivity index (χ3n) is 4.65. The maximum atomic E-state index is 9.42. The number of hydrogen-bond acceptors (Lipinski definition) is 8. The van der Waals surface area contributed by atoms with E-state index >= 15 is 0 Å². The van der Waals surface area contributed by atoms with Crippen molar-refractivity contribution in [2.45, 2.75) is 13.0 Å². The first-order valence-corrected chi connectivity index (χ1v) is 9.36. The number of benzene rings is 1. The first kappa shape index (κ1) is 19.4. The Morgan fingerprint density at radius 3 is 2.83 bits per heavy atom. The predicted octanol–water partition coefficient (Wildman–Crippen LogP) is 3.48. The third-order valence-corrected chi connectivity index (χ3v) is 4.91. The Balaban J connectivity index is 1.88. The van der Waals surface area contributed by atoms with Crippen LogP contribution in [-0.2, 0) is 0 Å². The van der Waals surface area contributed by atoms with E-state index < -0.39 is 0 Å². The average Bonchev–Trinajstić information content (AvgIpc) is 3.13. The molecular weight excluding hydrogens is 404 g/mol. The number of anilines is 2. The molecule has 1 aromatic carbocycles. The molecule has 0 aliphatic carbocycles. The molecule has 30 heavy (non-hydrogen) atoms. The normalized spacial score (nSPS) is 11.8. The lowest BCUT2D eigenvalue weighted by molar-refractivity contribution is 0.416. The van der Waals surface area contributed by atoms with E-state index in [2.05, 4.69) is 20.3 Å². The number of nitrogens with two attached hydrogens (primary N) is 1. The van der Waals surface area contributed by atoms with E-state index in [4.69, 9.17) is 27.2 Å². The maximum absolute atomic E-state index is 9.42. The predicted molar refractivity (Wildman–Crippen MR) is 113 cm³/mol. The zero-order chi connectivity index (χ0) is 21.3. The highest BCUT2D eigenvalue weighted by Crippen LogP contribution is 2.35. The van der Waals surface area contributed by atoms with E-state index in [-0.39, 0.29) is 17.4 Å². The van der Waals surface area contributed by atoms with Gasteiger partial charge in [-0.1, -0.05) is 23.7 Å². The van der Waals surface area contributed by atoms with E-state index in [1.54, 1.807) is 11.6 Å². The van der Waals surface area contributed by atoms with Crippen LogP contribution in [0.3, 0.4) is 0 Å². The number of rotatable bonds is 5. The fourth-order valence-electron chi connectivity index (χ4n) is 3.18. The minimum Gasteiger partial charge on any atom is -0.496 e. The highest BCUT2D eigenvalue weighted by Gasteiger charge is 2.21. The number of methoxy groups -OCH3 is 1. The van der Waals surface area contributed by atoms with Crippen molar-refractivity contribution in [3.8, 4) is 23.1 Å². The topological polar surface area (TPSA) is 127 Å². The number of aromatic nitrogens is 5. The van der Waals surface area contributed by atoms with Crippen LogP contribution in [0.25, 0.3) is 16.9 Å². The van der Waals surface area contributed by atoms with E-state index in [1.807, 2.05) is 43.3 Å². The number of nitrogen functional groups attached to an aromatic ring is 1. The Morgan fingerprint density at radius 1 is 1.27 bits per heavy atom. The van der Waals surface area contributed by atoms with Crippen LogP contribution < -0.4 is 15.8 Å². The molecule has 0 saturated carbocycles. The monoisotopic (exact) mass is 420 g/mol. The first-order chi connectivity index (χ1) is 14.5. The number of imidazole rings is 1. The van der Waals surface area contributed by atoms with Crippen molar-refractivity contribution in [1.29, 1.82) is 5.26 Å². The highest BCUT2D eigenvalue weighted by atomic mass is 35.5. The van der Waals surface area contributed by atoms with E-state index in [0.717, 1.165) is 11.1 Å². The van der Waals surface area contributed by atoms with Crippen molar-refractivity contribution in [3.05, 3.63) is 59.1 Å².